The number of aromatic nitrogens is 1. The minimum atomic E-state index is -0.886. The fourth-order valence-corrected chi connectivity index (χ4v) is 5.80. The second-order valence-corrected chi connectivity index (χ2v) is 10.1. The number of Topliss-reactive ketones (excluding diaryl/α,β-unsaturated/α-hetero) is 1. The lowest BCUT2D eigenvalue weighted by Gasteiger charge is -2.23. The Morgan fingerprint density at radius 3 is 2.02 bits per heavy atom. The Bertz CT molecular complexity index is 1330. The smallest absolute Gasteiger partial charge is 0.371 e. The van der Waals surface area contributed by atoms with Crippen LogP contribution in [0.5, 0.6) is 29.0 Å². The SMILES string of the molecule is COc1c(OC)c2c(c(OC)c1C(=O)On1c(O)ccc1O)C(CCc1ccccc1)CC2CCCCC(C)=O. The number of fused-ring (bicyclic) bond motifs is 1. The summed E-state index contributed by atoms with van der Waals surface area (Å²) in [5, 5.41) is 20.1. The highest BCUT2D eigenvalue weighted by Gasteiger charge is 2.42. The predicted molar refractivity (Wildman–Crippen MR) is 149 cm³/mol. The van der Waals surface area contributed by atoms with Crippen LogP contribution >= 0.6 is 0 Å². The molecule has 0 spiro atoms. The van der Waals surface area contributed by atoms with Gasteiger partial charge in [-0.1, -0.05) is 36.8 Å². The molecule has 1 aromatic heterocycles. The average Bonchev–Trinajstić information content (AvgIpc) is 3.47. The van der Waals surface area contributed by atoms with Crippen molar-refractivity contribution in [3.05, 3.63) is 64.7 Å². The Morgan fingerprint density at radius 1 is 0.825 bits per heavy atom. The van der Waals surface area contributed by atoms with E-state index in [0.29, 0.717) is 22.7 Å². The normalized spacial score (nSPS) is 15.9. The number of methoxy groups -OCH3 is 3. The molecule has 0 bridgehead atoms. The molecule has 4 rings (SSSR count). The molecule has 214 valence electrons. The molecular weight excluding hydrogens is 514 g/mol. The fourth-order valence-electron chi connectivity index (χ4n) is 5.80. The number of carbonyl (C=O) groups excluding carboxylic acids is 2. The van der Waals surface area contributed by atoms with Crippen LogP contribution in [-0.2, 0) is 11.2 Å². The number of rotatable bonds is 13. The summed E-state index contributed by atoms with van der Waals surface area (Å²) in [6, 6.07) is 12.6. The molecule has 0 radical (unpaired) electrons. The van der Waals surface area contributed by atoms with Gasteiger partial charge in [-0.3, -0.25) is 0 Å². The zero-order valence-corrected chi connectivity index (χ0v) is 23.4. The lowest BCUT2D eigenvalue weighted by Crippen LogP contribution is -2.22. The number of hydrogen-bond acceptors (Lipinski definition) is 8. The monoisotopic (exact) mass is 551 g/mol. The number of aromatic hydroxyl groups is 2. The molecule has 9 nitrogen and oxygen atoms in total. The van der Waals surface area contributed by atoms with E-state index < -0.39 is 17.7 Å². The van der Waals surface area contributed by atoms with Crippen molar-refractivity contribution in [1.29, 1.82) is 0 Å². The van der Waals surface area contributed by atoms with Crippen LogP contribution < -0.4 is 19.0 Å². The first-order valence-electron chi connectivity index (χ1n) is 13.5. The number of nitrogens with zero attached hydrogens (tertiary/aromatic N) is 1. The van der Waals surface area contributed by atoms with Gasteiger partial charge in [0, 0.05) is 29.7 Å². The summed E-state index contributed by atoms with van der Waals surface area (Å²) in [5.41, 5.74) is 3.04. The van der Waals surface area contributed by atoms with E-state index in [2.05, 4.69) is 12.1 Å². The summed E-state index contributed by atoms with van der Waals surface area (Å²) in [7, 11) is 4.47. The zero-order valence-electron chi connectivity index (χ0n) is 23.4. The third-order valence-electron chi connectivity index (χ3n) is 7.57. The molecule has 0 aliphatic heterocycles. The summed E-state index contributed by atoms with van der Waals surface area (Å²) >= 11 is 0. The maximum absolute atomic E-state index is 13.6. The highest BCUT2D eigenvalue weighted by Crippen LogP contribution is 2.58. The number of benzene rings is 2. The molecule has 1 aliphatic rings. The molecule has 0 amide bonds. The Morgan fingerprint density at radius 2 is 1.43 bits per heavy atom. The molecule has 2 aromatic carbocycles. The molecule has 3 aromatic rings. The van der Waals surface area contributed by atoms with Gasteiger partial charge in [-0.05, 0) is 56.4 Å². The van der Waals surface area contributed by atoms with Gasteiger partial charge in [-0.25, -0.2) is 4.79 Å². The fraction of sp³-hybridized carbons (Fsp3) is 0.419. The van der Waals surface area contributed by atoms with Crippen LogP contribution in [0.4, 0.5) is 0 Å². The summed E-state index contributed by atoms with van der Waals surface area (Å²) < 4.78 is 18.1. The molecule has 0 saturated heterocycles. The van der Waals surface area contributed by atoms with Gasteiger partial charge < -0.3 is 34.1 Å². The van der Waals surface area contributed by atoms with E-state index in [1.165, 1.54) is 39.0 Å². The van der Waals surface area contributed by atoms with Crippen molar-refractivity contribution in [2.45, 2.75) is 63.7 Å². The van der Waals surface area contributed by atoms with Crippen molar-refractivity contribution in [3.63, 3.8) is 0 Å². The standard InChI is InChI=1S/C31H37NO8/c1-19(33)10-8-9-13-21-18-22(15-14-20-11-6-5-7-12-20)25-26(21)29(38-3)30(39-4)27(28(25)37-2)31(36)40-32-23(34)16-17-24(32)35/h5-7,11-12,16-17,21-22,34-35H,8-10,13-15,18H2,1-4H3. The Labute approximate surface area is 234 Å². The van der Waals surface area contributed by atoms with Crippen LogP contribution in [-0.4, -0.2) is 48.0 Å². The maximum Gasteiger partial charge on any atom is 0.371 e. The van der Waals surface area contributed by atoms with Gasteiger partial charge in [-0.15, -0.1) is 4.73 Å². The van der Waals surface area contributed by atoms with Crippen molar-refractivity contribution in [3.8, 4) is 29.0 Å². The third-order valence-corrected chi connectivity index (χ3v) is 7.57. The van der Waals surface area contributed by atoms with E-state index >= 15 is 0 Å². The molecule has 1 aliphatic carbocycles. The van der Waals surface area contributed by atoms with Crippen LogP contribution in [0.2, 0.25) is 0 Å². The van der Waals surface area contributed by atoms with E-state index in [0.717, 1.165) is 49.7 Å². The van der Waals surface area contributed by atoms with Gasteiger partial charge in [0.15, 0.2) is 11.5 Å². The average molecular weight is 552 g/mol. The largest absolute Gasteiger partial charge is 0.495 e. The number of unbranched alkanes of at least 4 members (excludes halogenated alkanes) is 1. The third kappa shape index (κ3) is 5.88. The molecule has 2 atom stereocenters. The van der Waals surface area contributed by atoms with E-state index in [-0.39, 0.29) is 28.9 Å². The minimum absolute atomic E-state index is 0.00930. The van der Waals surface area contributed by atoms with E-state index in [4.69, 9.17) is 19.0 Å². The van der Waals surface area contributed by atoms with Crippen LogP contribution in [0.3, 0.4) is 0 Å². The second-order valence-electron chi connectivity index (χ2n) is 10.1. The first-order valence-corrected chi connectivity index (χ1v) is 13.5. The zero-order chi connectivity index (χ0) is 28.8. The van der Waals surface area contributed by atoms with E-state index in [9.17, 15) is 19.8 Å². The van der Waals surface area contributed by atoms with Crippen LogP contribution in [0.1, 0.15) is 84.3 Å². The molecule has 2 unspecified atom stereocenters. The first-order chi connectivity index (χ1) is 19.3. The lowest BCUT2D eigenvalue weighted by molar-refractivity contribution is -0.117. The topological polar surface area (TPSA) is 116 Å². The van der Waals surface area contributed by atoms with Gasteiger partial charge in [0.1, 0.15) is 17.1 Å². The van der Waals surface area contributed by atoms with Crippen molar-refractivity contribution < 1.29 is 38.9 Å². The summed E-state index contributed by atoms with van der Waals surface area (Å²) in [6.45, 7) is 1.61. The first kappa shape index (κ1) is 28.9. The Hall–Kier alpha value is -4.14. The van der Waals surface area contributed by atoms with Crippen LogP contribution in [0.15, 0.2) is 42.5 Å². The Kier molecular flexibility index (Phi) is 9.24. The van der Waals surface area contributed by atoms with Gasteiger partial charge in [0.2, 0.25) is 11.8 Å². The van der Waals surface area contributed by atoms with Crippen molar-refractivity contribution in [2.75, 3.05) is 21.3 Å². The molecule has 1 heterocycles. The molecular formula is C31H37NO8. The van der Waals surface area contributed by atoms with Crippen molar-refractivity contribution in [2.24, 2.45) is 0 Å². The highest BCUT2D eigenvalue weighted by atomic mass is 16.7. The van der Waals surface area contributed by atoms with Gasteiger partial charge in [0.25, 0.3) is 0 Å². The van der Waals surface area contributed by atoms with Crippen molar-refractivity contribution >= 4 is 11.8 Å². The maximum atomic E-state index is 13.6. The van der Waals surface area contributed by atoms with E-state index in [1.807, 2.05) is 18.2 Å². The van der Waals surface area contributed by atoms with Gasteiger partial charge in [-0.2, -0.15) is 0 Å². The Balaban J connectivity index is 1.80. The minimum Gasteiger partial charge on any atom is -0.495 e. The molecule has 40 heavy (non-hydrogen) atoms. The number of carbonyl (C=O) groups is 2. The molecule has 9 heteroatoms. The summed E-state index contributed by atoms with van der Waals surface area (Å²) in [6.07, 6.45) is 5.56. The summed E-state index contributed by atoms with van der Waals surface area (Å²) in [5.74, 6) is -0.498. The summed E-state index contributed by atoms with van der Waals surface area (Å²) in [4.78, 5) is 30.4. The van der Waals surface area contributed by atoms with Gasteiger partial charge in [0.05, 0.1) is 21.3 Å². The predicted octanol–water partition coefficient (Wildman–Crippen LogP) is 5.55. The molecule has 0 fully saturated rings. The molecule has 2 N–H and O–H groups in total. The highest BCUT2D eigenvalue weighted by molar-refractivity contribution is 5.98. The second kappa shape index (κ2) is 12.8. The van der Waals surface area contributed by atoms with Crippen molar-refractivity contribution in [1.82, 2.24) is 4.73 Å². The van der Waals surface area contributed by atoms with Crippen LogP contribution in [0, 0.1) is 0 Å². The molecule has 0 saturated carbocycles. The number of hydrogen-bond donors (Lipinski definition) is 2. The number of ether oxygens (including phenoxy) is 3. The number of aryl methyl sites for hydroxylation is 1. The van der Waals surface area contributed by atoms with E-state index in [1.54, 1.807) is 6.92 Å². The number of ketones is 1. The van der Waals surface area contributed by atoms with Gasteiger partial charge >= 0.3 is 5.97 Å². The quantitative estimate of drug-likeness (QED) is 0.266. The van der Waals surface area contributed by atoms with Crippen LogP contribution in [0.25, 0.3) is 0 Å². The lowest BCUT2D eigenvalue weighted by atomic mass is 9.91.